The number of carbonyl (C=O) groups is 1. The first-order valence-electron chi connectivity index (χ1n) is 11.7. The van der Waals surface area contributed by atoms with Gasteiger partial charge in [0.05, 0.1) is 31.8 Å². The molecule has 1 aliphatic rings. The van der Waals surface area contributed by atoms with E-state index in [1.54, 1.807) is 0 Å². The standard InChI is InChI=1S/C25H38O11/c1-13(6-8-18(28)25(2,3)33)5-7-14-9-16(27)10-15(11-19(29)34-4)23(14)36-24-22(32)21(31)20(30)17(12-26)35-24/h5,9-10,17-18,20-22,24,26-28,30-33H,6-8,11-12H2,1-4H3/b13-5+/t17-,18+,20-,21+,22-,24+/m1/s1. The van der Waals surface area contributed by atoms with Crippen molar-refractivity contribution in [2.45, 2.75) is 88.9 Å². The Bertz CT molecular complexity index is 906. The number of aliphatic hydroxyl groups is 6. The lowest BCUT2D eigenvalue weighted by Crippen LogP contribution is -2.60. The molecule has 0 aliphatic carbocycles. The van der Waals surface area contributed by atoms with E-state index in [0.717, 1.165) is 5.57 Å². The lowest BCUT2D eigenvalue weighted by Gasteiger charge is -2.40. The van der Waals surface area contributed by atoms with Gasteiger partial charge in [0.2, 0.25) is 6.29 Å². The number of methoxy groups -OCH3 is 1. The van der Waals surface area contributed by atoms with Crippen LogP contribution >= 0.6 is 0 Å². The van der Waals surface area contributed by atoms with Gasteiger partial charge in [0, 0.05) is 11.1 Å². The third-order valence-electron chi connectivity index (χ3n) is 6.17. The van der Waals surface area contributed by atoms with E-state index >= 15 is 0 Å². The minimum atomic E-state index is -1.67. The van der Waals surface area contributed by atoms with Crippen LogP contribution in [0, 0.1) is 0 Å². The van der Waals surface area contributed by atoms with Gasteiger partial charge in [-0.25, -0.2) is 0 Å². The summed E-state index contributed by atoms with van der Waals surface area (Å²) in [7, 11) is 1.21. The van der Waals surface area contributed by atoms with Crippen molar-refractivity contribution in [1.29, 1.82) is 0 Å². The van der Waals surface area contributed by atoms with Crippen LogP contribution in [0.15, 0.2) is 23.8 Å². The fourth-order valence-electron chi connectivity index (χ4n) is 3.78. The number of aromatic hydroxyl groups is 1. The van der Waals surface area contributed by atoms with Crippen molar-refractivity contribution in [2.75, 3.05) is 13.7 Å². The summed E-state index contributed by atoms with van der Waals surface area (Å²) in [6.07, 6.45) is -5.91. The number of carbonyl (C=O) groups excluding carboxylic acids is 1. The Balaban J connectivity index is 2.35. The van der Waals surface area contributed by atoms with E-state index in [2.05, 4.69) is 0 Å². The van der Waals surface area contributed by atoms with Crippen molar-refractivity contribution < 1.29 is 54.8 Å². The van der Waals surface area contributed by atoms with Gasteiger partial charge >= 0.3 is 5.97 Å². The molecule has 1 saturated heterocycles. The number of phenols is 1. The van der Waals surface area contributed by atoms with Gasteiger partial charge in [-0.3, -0.25) is 4.79 Å². The van der Waals surface area contributed by atoms with Crippen LogP contribution in [-0.2, 0) is 27.1 Å². The zero-order valence-corrected chi connectivity index (χ0v) is 21.0. The fourth-order valence-corrected chi connectivity index (χ4v) is 3.78. The molecule has 36 heavy (non-hydrogen) atoms. The molecule has 0 saturated carbocycles. The maximum atomic E-state index is 12.0. The number of benzene rings is 1. The van der Waals surface area contributed by atoms with Crippen molar-refractivity contribution >= 4 is 5.97 Å². The zero-order valence-electron chi connectivity index (χ0n) is 21.0. The highest BCUT2D eigenvalue weighted by Crippen LogP contribution is 2.34. The van der Waals surface area contributed by atoms with E-state index in [1.807, 2.05) is 13.0 Å². The maximum absolute atomic E-state index is 12.0. The lowest BCUT2D eigenvalue weighted by molar-refractivity contribution is -0.277. The molecule has 0 radical (unpaired) electrons. The van der Waals surface area contributed by atoms with Crippen LogP contribution in [0.3, 0.4) is 0 Å². The molecule has 11 heteroatoms. The quantitative estimate of drug-likeness (QED) is 0.152. The Kier molecular flexibility index (Phi) is 10.7. The first-order chi connectivity index (χ1) is 16.8. The van der Waals surface area contributed by atoms with Crippen LogP contribution < -0.4 is 4.74 Å². The first kappa shape index (κ1) is 30.0. The molecule has 1 heterocycles. The summed E-state index contributed by atoms with van der Waals surface area (Å²) in [5, 5.41) is 70.3. The summed E-state index contributed by atoms with van der Waals surface area (Å²) in [5.41, 5.74) is 0.307. The second-order valence-corrected chi connectivity index (χ2v) is 9.62. The van der Waals surface area contributed by atoms with Crippen molar-refractivity contribution in [3.63, 3.8) is 0 Å². The van der Waals surface area contributed by atoms with Crippen molar-refractivity contribution in [3.05, 3.63) is 34.9 Å². The van der Waals surface area contributed by atoms with Crippen molar-refractivity contribution in [2.24, 2.45) is 0 Å². The minimum Gasteiger partial charge on any atom is -0.508 e. The predicted molar refractivity (Wildman–Crippen MR) is 127 cm³/mol. The molecule has 11 nitrogen and oxygen atoms in total. The highest BCUT2D eigenvalue weighted by molar-refractivity contribution is 5.74. The molecule has 1 fully saturated rings. The molecule has 6 atom stereocenters. The Morgan fingerprint density at radius 1 is 1.17 bits per heavy atom. The van der Waals surface area contributed by atoms with E-state index in [-0.39, 0.29) is 29.9 Å². The second-order valence-electron chi connectivity index (χ2n) is 9.62. The fraction of sp³-hybridized carbons (Fsp3) is 0.640. The average Bonchev–Trinajstić information content (AvgIpc) is 2.81. The summed E-state index contributed by atoms with van der Waals surface area (Å²) in [6, 6.07) is 2.71. The molecule has 2 rings (SSSR count). The lowest BCUT2D eigenvalue weighted by atomic mass is 9.95. The van der Waals surface area contributed by atoms with Crippen LogP contribution in [0.25, 0.3) is 0 Å². The van der Waals surface area contributed by atoms with E-state index in [1.165, 1.54) is 33.1 Å². The number of rotatable bonds is 11. The molecule has 0 unspecified atom stereocenters. The zero-order chi connectivity index (χ0) is 27.2. The largest absolute Gasteiger partial charge is 0.508 e. The maximum Gasteiger partial charge on any atom is 0.310 e. The van der Waals surface area contributed by atoms with Gasteiger partial charge < -0.3 is 50.0 Å². The predicted octanol–water partition coefficient (Wildman–Crippen LogP) is -0.313. The Labute approximate surface area is 210 Å². The summed E-state index contributed by atoms with van der Waals surface area (Å²) in [4.78, 5) is 12.0. The average molecular weight is 515 g/mol. The van der Waals surface area contributed by atoms with Gasteiger partial charge in [0.1, 0.15) is 35.9 Å². The third-order valence-corrected chi connectivity index (χ3v) is 6.17. The van der Waals surface area contributed by atoms with E-state index in [0.29, 0.717) is 18.4 Å². The third kappa shape index (κ3) is 7.87. The summed E-state index contributed by atoms with van der Waals surface area (Å²) >= 11 is 0. The Morgan fingerprint density at radius 2 is 1.81 bits per heavy atom. The number of ether oxygens (including phenoxy) is 3. The van der Waals surface area contributed by atoms with Gasteiger partial charge in [-0.05, 0) is 52.2 Å². The Morgan fingerprint density at radius 3 is 2.39 bits per heavy atom. The van der Waals surface area contributed by atoms with E-state index < -0.39 is 55.0 Å². The molecule has 1 aliphatic heterocycles. The molecule has 7 N–H and O–H groups in total. The molecular weight excluding hydrogens is 476 g/mol. The monoisotopic (exact) mass is 514 g/mol. The smallest absolute Gasteiger partial charge is 0.310 e. The molecule has 0 spiro atoms. The SMILES string of the molecule is COC(=O)Cc1cc(O)cc(C/C=C(\C)CC[C@H](O)C(C)(C)O)c1O[C@@H]1O[C@H](CO)[C@@H](O)[C@H](O)[C@H]1O. The van der Waals surface area contributed by atoms with Crippen LogP contribution in [0.4, 0.5) is 0 Å². The summed E-state index contributed by atoms with van der Waals surface area (Å²) < 4.78 is 16.1. The van der Waals surface area contributed by atoms with Crippen LogP contribution in [0.2, 0.25) is 0 Å². The van der Waals surface area contributed by atoms with Gasteiger partial charge in [0.25, 0.3) is 0 Å². The van der Waals surface area contributed by atoms with Crippen molar-refractivity contribution in [1.82, 2.24) is 0 Å². The summed E-state index contributed by atoms with van der Waals surface area (Å²) in [6.45, 7) is 4.25. The second kappa shape index (κ2) is 12.8. The number of hydrogen-bond donors (Lipinski definition) is 7. The molecule has 1 aromatic carbocycles. The van der Waals surface area contributed by atoms with E-state index in [4.69, 9.17) is 14.2 Å². The van der Waals surface area contributed by atoms with E-state index in [9.17, 15) is 40.5 Å². The minimum absolute atomic E-state index is 0.100. The molecule has 1 aromatic rings. The van der Waals surface area contributed by atoms with Crippen LogP contribution in [0.5, 0.6) is 11.5 Å². The van der Waals surface area contributed by atoms with Crippen molar-refractivity contribution in [3.8, 4) is 11.5 Å². The topological polar surface area (TPSA) is 186 Å². The number of phenolic OH excluding ortho intramolecular Hbond substituents is 1. The molecular formula is C25H38O11. The first-order valence-corrected chi connectivity index (χ1v) is 11.7. The van der Waals surface area contributed by atoms with Gasteiger partial charge in [0.15, 0.2) is 0 Å². The molecule has 0 bridgehead atoms. The molecule has 204 valence electrons. The van der Waals surface area contributed by atoms with Gasteiger partial charge in [-0.15, -0.1) is 0 Å². The van der Waals surface area contributed by atoms with Gasteiger partial charge in [-0.1, -0.05) is 11.6 Å². The van der Waals surface area contributed by atoms with Crippen LogP contribution in [0.1, 0.15) is 44.7 Å². The summed E-state index contributed by atoms with van der Waals surface area (Å²) in [5.74, 6) is -0.658. The number of allylic oxidation sites excluding steroid dienone is 2. The highest BCUT2D eigenvalue weighted by atomic mass is 16.7. The van der Waals surface area contributed by atoms with Gasteiger partial charge in [-0.2, -0.15) is 0 Å². The number of esters is 1. The Hall–Kier alpha value is -2.25. The number of hydrogen-bond acceptors (Lipinski definition) is 11. The molecule has 0 aromatic heterocycles. The normalized spacial score (nSPS) is 25.9. The van der Waals surface area contributed by atoms with Crippen LogP contribution in [-0.4, -0.2) is 97.8 Å². The highest BCUT2D eigenvalue weighted by Gasteiger charge is 2.45. The molecule has 0 amide bonds. The number of aliphatic hydroxyl groups excluding tert-OH is 5.